The molecule has 0 aliphatic heterocycles. The molecule has 1 saturated carbocycles. The molecule has 2 nitrogen and oxygen atoms in total. The van der Waals surface area contributed by atoms with Gasteiger partial charge >= 0.3 is 0 Å². The Hall–Kier alpha value is -0.410. The first kappa shape index (κ1) is 11.1. The van der Waals surface area contributed by atoms with Crippen molar-refractivity contribution in [2.75, 3.05) is 6.54 Å². The van der Waals surface area contributed by atoms with E-state index in [2.05, 4.69) is 29.5 Å². The van der Waals surface area contributed by atoms with E-state index in [1.807, 2.05) is 0 Å². The SMILES string of the molecule is CCc1nc(CNCC(C)C2CC2)cs1. The zero-order valence-electron chi connectivity index (χ0n) is 9.62. The molecule has 15 heavy (non-hydrogen) atoms. The van der Waals surface area contributed by atoms with Crippen molar-refractivity contribution in [1.82, 2.24) is 10.3 Å². The number of rotatable bonds is 6. The summed E-state index contributed by atoms with van der Waals surface area (Å²) in [5, 5.41) is 6.93. The van der Waals surface area contributed by atoms with Crippen LogP contribution in [0.5, 0.6) is 0 Å². The minimum atomic E-state index is 0.842. The standard InChI is InChI=1S/C12H20N2S/c1-3-12-14-11(8-15-12)7-13-6-9(2)10-4-5-10/h8-10,13H,3-7H2,1-2H3. The molecule has 0 saturated heterocycles. The van der Waals surface area contributed by atoms with Gasteiger partial charge in [-0.1, -0.05) is 13.8 Å². The smallest absolute Gasteiger partial charge is 0.0926 e. The molecule has 84 valence electrons. The summed E-state index contributed by atoms with van der Waals surface area (Å²) in [6.45, 7) is 6.59. The van der Waals surface area contributed by atoms with Crippen LogP contribution >= 0.6 is 11.3 Å². The van der Waals surface area contributed by atoms with E-state index in [-0.39, 0.29) is 0 Å². The van der Waals surface area contributed by atoms with Gasteiger partial charge in [0, 0.05) is 11.9 Å². The van der Waals surface area contributed by atoms with Gasteiger partial charge < -0.3 is 5.32 Å². The first-order valence-electron chi connectivity index (χ1n) is 5.93. The number of aryl methyl sites for hydroxylation is 1. The highest BCUT2D eigenvalue weighted by Gasteiger charge is 2.27. The van der Waals surface area contributed by atoms with Crippen molar-refractivity contribution >= 4 is 11.3 Å². The van der Waals surface area contributed by atoms with Crippen LogP contribution < -0.4 is 5.32 Å². The highest BCUT2D eigenvalue weighted by atomic mass is 32.1. The molecule has 1 heterocycles. The third-order valence-corrected chi connectivity index (χ3v) is 4.14. The summed E-state index contributed by atoms with van der Waals surface area (Å²) in [4.78, 5) is 4.54. The molecular formula is C12H20N2S. The van der Waals surface area contributed by atoms with Gasteiger partial charge in [0.05, 0.1) is 10.7 Å². The second-order valence-corrected chi connectivity index (χ2v) is 5.47. The van der Waals surface area contributed by atoms with Gasteiger partial charge in [-0.25, -0.2) is 4.98 Å². The minimum Gasteiger partial charge on any atom is -0.311 e. The highest BCUT2D eigenvalue weighted by molar-refractivity contribution is 7.09. The summed E-state index contributed by atoms with van der Waals surface area (Å²) in [6.07, 6.45) is 3.95. The Bertz CT molecular complexity index is 304. The van der Waals surface area contributed by atoms with E-state index in [9.17, 15) is 0 Å². The van der Waals surface area contributed by atoms with Gasteiger partial charge in [-0.3, -0.25) is 0 Å². The molecule has 1 fully saturated rings. The fourth-order valence-electron chi connectivity index (χ4n) is 1.85. The summed E-state index contributed by atoms with van der Waals surface area (Å²) in [5.41, 5.74) is 1.21. The Morgan fingerprint density at radius 3 is 3.00 bits per heavy atom. The van der Waals surface area contributed by atoms with Crippen LogP contribution in [-0.2, 0) is 13.0 Å². The molecule has 1 unspecified atom stereocenters. The third kappa shape index (κ3) is 3.28. The van der Waals surface area contributed by atoms with Gasteiger partial charge in [0.25, 0.3) is 0 Å². The summed E-state index contributed by atoms with van der Waals surface area (Å²) in [7, 11) is 0. The van der Waals surface area contributed by atoms with E-state index in [0.29, 0.717) is 0 Å². The van der Waals surface area contributed by atoms with Crippen molar-refractivity contribution in [3.63, 3.8) is 0 Å². The molecule has 0 aromatic carbocycles. The van der Waals surface area contributed by atoms with E-state index >= 15 is 0 Å². The average molecular weight is 224 g/mol. The van der Waals surface area contributed by atoms with Crippen LogP contribution in [0.25, 0.3) is 0 Å². The fraction of sp³-hybridized carbons (Fsp3) is 0.750. The Morgan fingerprint density at radius 2 is 2.40 bits per heavy atom. The van der Waals surface area contributed by atoms with Gasteiger partial charge in [-0.2, -0.15) is 0 Å². The maximum Gasteiger partial charge on any atom is 0.0926 e. The zero-order valence-corrected chi connectivity index (χ0v) is 10.4. The molecule has 1 aromatic rings. The average Bonchev–Trinajstić information content (AvgIpc) is 2.99. The van der Waals surface area contributed by atoms with Gasteiger partial charge in [-0.15, -0.1) is 11.3 Å². The highest BCUT2D eigenvalue weighted by Crippen LogP contribution is 2.36. The maximum atomic E-state index is 4.54. The molecule has 1 aliphatic carbocycles. The lowest BCUT2D eigenvalue weighted by Crippen LogP contribution is -2.21. The molecule has 2 rings (SSSR count). The van der Waals surface area contributed by atoms with E-state index in [1.165, 1.54) is 23.5 Å². The van der Waals surface area contributed by atoms with Crippen LogP contribution in [-0.4, -0.2) is 11.5 Å². The Kier molecular flexibility index (Phi) is 3.76. The van der Waals surface area contributed by atoms with Gasteiger partial charge in [0.2, 0.25) is 0 Å². The quantitative estimate of drug-likeness (QED) is 0.803. The summed E-state index contributed by atoms with van der Waals surface area (Å²) in [5.74, 6) is 1.84. The first-order valence-corrected chi connectivity index (χ1v) is 6.81. The van der Waals surface area contributed by atoms with Crippen molar-refractivity contribution in [2.24, 2.45) is 11.8 Å². The summed E-state index contributed by atoms with van der Waals surface area (Å²) < 4.78 is 0. The van der Waals surface area contributed by atoms with Crippen molar-refractivity contribution in [2.45, 2.75) is 39.7 Å². The summed E-state index contributed by atoms with van der Waals surface area (Å²) in [6, 6.07) is 0. The van der Waals surface area contributed by atoms with Gasteiger partial charge in [0.1, 0.15) is 0 Å². The predicted molar refractivity (Wildman–Crippen MR) is 65.1 cm³/mol. The van der Waals surface area contributed by atoms with Crippen LogP contribution in [0, 0.1) is 11.8 Å². The zero-order chi connectivity index (χ0) is 10.7. The second-order valence-electron chi connectivity index (χ2n) is 4.53. The molecule has 1 atom stereocenters. The van der Waals surface area contributed by atoms with Gasteiger partial charge in [-0.05, 0) is 37.6 Å². The van der Waals surface area contributed by atoms with Crippen LogP contribution in [0.4, 0.5) is 0 Å². The van der Waals surface area contributed by atoms with Crippen molar-refractivity contribution in [1.29, 1.82) is 0 Å². The number of aromatic nitrogens is 1. The first-order chi connectivity index (χ1) is 7.29. The third-order valence-electron chi connectivity index (χ3n) is 3.10. The molecule has 0 bridgehead atoms. The van der Waals surface area contributed by atoms with Crippen molar-refractivity contribution < 1.29 is 0 Å². The van der Waals surface area contributed by atoms with Crippen LogP contribution in [0.15, 0.2) is 5.38 Å². The van der Waals surface area contributed by atoms with Crippen molar-refractivity contribution in [3.05, 3.63) is 16.1 Å². The normalized spacial score (nSPS) is 18.0. The number of hydrogen-bond acceptors (Lipinski definition) is 3. The van der Waals surface area contributed by atoms with Crippen LogP contribution in [0.3, 0.4) is 0 Å². The lowest BCUT2D eigenvalue weighted by molar-refractivity contribution is 0.460. The van der Waals surface area contributed by atoms with Gasteiger partial charge in [0.15, 0.2) is 0 Å². The lowest BCUT2D eigenvalue weighted by Gasteiger charge is -2.09. The Morgan fingerprint density at radius 1 is 1.60 bits per heavy atom. The molecule has 3 heteroatoms. The molecule has 0 radical (unpaired) electrons. The van der Waals surface area contributed by atoms with Crippen LogP contribution in [0.2, 0.25) is 0 Å². The minimum absolute atomic E-state index is 0.842. The topological polar surface area (TPSA) is 24.9 Å². The summed E-state index contributed by atoms with van der Waals surface area (Å²) >= 11 is 1.78. The monoisotopic (exact) mass is 224 g/mol. The Labute approximate surface area is 96.1 Å². The van der Waals surface area contributed by atoms with E-state index in [4.69, 9.17) is 0 Å². The molecule has 0 spiro atoms. The molecular weight excluding hydrogens is 204 g/mol. The number of thiazole rings is 1. The Balaban J connectivity index is 1.68. The molecule has 1 aromatic heterocycles. The fourth-order valence-corrected chi connectivity index (χ4v) is 2.60. The molecule has 1 N–H and O–H groups in total. The second kappa shape index (κ2) is 5.08. The van der Waals surface area contributed by atoms with E-state index in [1.54, 1.807) is 11.3 Å². The lowest BCUT2D eigenvalue weighted by atomic mass is 10.1. The number of nitrogens with zero attached hydrogens (tertiary/aromatic N) is 1. The van der Waals surface area contributed by atoms with E-state index in [0.717, 1.165) is 31.3 Å². The van der Waals surface area contributed by atoms with Crippen molar-refractivity contribution in [3.8, 4) is 0 Å². The number of nitrogens with one attached hydrogen (secondary N) is 1. The molecule has 1 aliphatic rings. The number of hydrogen-bond donors (Lipinski definition) is 1. The largest absolute Gasteiger partial charge is 0.311 e. The maximum absolute atomic E-state index is 4.54. The van der Waals surface area contributed by atoms with E-state index < -0.39 is 0 Å². The predicted octanol–water partition coefficient (Wildman–Crippen LogP) is 2.84. The van der Waals surface area contributed by atoms with Crippen LogP contribution in [0.1, 0.15) is 37.4 Å². The molecule has 0 amide bonds.